The number of halogens is 1. The van der Waals surface area contributed by atoms with Crippen molar-refractivity contribution in [1.29, 1.82) is 0 Å². The van der Waals surface area contributed by atoms with E-state index in [0.717, 1.165) is 11.1 Å². The van der Waals surface area contributed by atoms with Gasteiger partial charge in [-0.05, 0) is 53.1 Å². The standard InChI is InChI=1S/C21H17FO4/c1-25-19-9-14(11-21(23)24)10-20(13-19)26-18-4-2-3-16(12-18)15-5-7-17(22)8-6-15/h2-10,12-13H,11H2,1H3,(H,23,24). The van der Waals surface area contributed by atoms with Crippen molar-refractivity contribution in [3.63, 3.8) is 0 Å². The predicted molar refractivity (Wildman–Crippen MR) is 96.2 cm³/mol. The molecule has 0 aliphatic heterocycles. The summed E-state index contributed by atoms with van der Waals surface area (Å²) in [5.41, 5.74) is 2.34. The number of carboxylic acid groups (broad SMARTS) is 1. The molecule has 0 heterocycles. The highest BCUT2D eigenvalue weighted by molar-refractivity contribution is 5.70. The zero-order chi connectivity index (χ0) is 18.5. The molecule has 1 N–H and O–H groups in total. The van der Waals surface area contributed by atoms with Gasteiger partial charge < -0.3 is 14.6 Å². The van der Waals surface area contributed by atoms with Gasteiger partial charge in [0.1, 0.15) is 23.1 Å². The molecule has 0 radical (unpaired) electrons. The fourth-order valence-corrected chi connectivity index (χ4v) is 2.60. The number of carbonyl (C=O) groups is 1. The average Bonchev–Trinajstić information content (AvgIpc) is 2.61. The van der Waals surface area contributed by atoms with Gasteiger partial charge in [0.2, 0.25) is 0 Å². The first-order chi connectivity index (χ1) is 12.5. The van der Waals surface area contributed by atoms with E-state index in [2.05, 4.69) is 0 Å². The van der Waals surface area contributed by atoms with E-state index in [-0.39, 0.29) is 12.2 Å². The fourth-order valence-electron chi connectivity index (χ4n) is 2.60. The summed E-state index contributed by atoms with van der Waals surface area (Å²) in [6.45, 7) is 0. The fraction of sp³-hybridized carbons (Fsp3) is 0.0952. The van der Waals surface area contributed by atoms with Gasteiger partial charge in [-0.15, -0.1) is 0 Å². The molecule has 26 heavy (non-hydrogen) atoms. The maximum absolute atomic E-state index is 13.1. The first-order valence-corrected chi connectivity index (χ1v) is 7.97. The van der Waals surface area contributed by atoms with Crippen molar-refractivity contribution < 1.29 is 23.8 Å². The molecule has 0 saturated heterocycles. The lowest BCUT2D eigenvalue weighted by molar-refractivity contribution is -0.136. The van der Waals surface area contributed by atoms with Crippen molar-refractivity contribution in [2.45, 2.75) is 6.42 Å². The smallest absolute Gasteiger partial charge is 0.307 e. The van der Waals surface area contributed by atoms with Gasteiger partial charge in [0.15, 0.2) is 0 Å². The van der Waals surface area contributed by atoms with Crippen LogP contribution in [-0.4, -0.2) is 18.2 Å². The highest BCUT2D eigenvalue weighted by Crippen LogP contribution is 2.30. The molecule has 0 aromatic heterocycles. The topological polar surface area (TPSA) is 55.8 Å². The van der Waals surface area contributed by atoms with Crippen molar-refractivity contribution in [3.8, 4) is 28.4 Å². The minimum absolute atomic E-state index is 0.122. The number of benzene rings is 3. The zero-order valence-corrected chi connectivity index (χ0v) is 14.1. The SMILES string of the molecule is COc1cc(CC(=O)O)cc(Oc2cccc(-c3ccc(F)cc3)c2)c1. The number of ether oxygens (including phenoxy) is 2. The molecule has 0 saturated carbocycles. The average molecular weight is 352 g/mol. The molecule has 3 aromatic rings. The minimum atomic E-state index is -0.928. The Balaban J connectivity index is 1.88. The van der Waals surface area contributed by atoms with E-state index in [1.165, 1.54) is 19.2 Å². The number of carboxylic acids is 1. The van der Waals surface area contributed by atoms with E-state index in [9.17, 15) is 9.18 Å². The number of aliphatic carboxylic acids is 1. The molecule has 132 valence electrons. The Morgan fingerprint density at radius 1 is 0.923 bits per heavy atom. The van der Waals surface area contributed by atoms with Gasteiger partial charge in [0, 0.05) is 6.07 Å². The Bertz CT molecular complexity index is 920. The quantitative estimate of drug-likeness (QED) is 0.684. The van der Waals surface area contributed by atoms with Crippen molar-refractivity contribution in [3.05, 3.63) is 78.1 Å². The number of hydrogen-bond acceptors (Lipinski definition) is 3. The van der Waals surface area contributed by atoms with Gasteiger partial charge in [-0.25, -0.2) is 4.39 Å². The summed E-state index contributed by atoms with van der Waals surface area (Å²) in [7, 11) is 1.51. The van der Waals surface area contributed by atoms with Crippen LogP contribution in [0.1, 0.15) is 5.56 Å². The summed E-state index contributed by atoms with van der Waals surface area (Å²) in [6.07, 6.45) is -0.122. The van der Waals surface area contributed by atoms with Gasteiger partial charge in [0.25, 0.3) is 0 Å². The van der Waals surface area contributed by atoms with Crippen LogP contribution in [0.25, 0.3) is 11.1 Å². The van der Waals surface area contributed by atoms with Crippen molar-refractivity contribution in [1.82, 2.24) is 0 Å². The third-order valence-electron chi connectivity index (χ3n) is 3.78. The third kappa shape index (κ3) is 4.39. The van der Waals surface area contributed by atoms with E-state index in [1.807, 2.05) is 18.2 Å². The second-order valence-corrected chi connectivity index (χ2v) is 5.72. The summed E-state index contributed by atoms with van der Waals surface area (Å²) in [5.74, 6) is 0.373. The maximum atomic E-state index is 13.1. The lowest BCUT2D eigenvalue weighted by atomic mass is 10.1. The lowest BCUT2D eigenvalue weighted by Gasteiger charge is -2.11. The molecule has 0 fully saturated rings. The highest BCUT2D eigenvalue weighted by atomic mass is 19.1. The lowest BCUT2D eigenvalue weighted by Crippen LogP contribution is -2.00. The molecule has 3 rings (SSSR count). The Kier molecular flexibility index (Phi) is 5.17. The summed E-state index contributed by atoms with van der Waals surface area (Å²) >= 11 is 0. The third-order valence-corrected chi connectivity index (χ3v) is 3.78. The molecular formula is C21H17FO4. The van der Waals surface area contributed by atoms with Gasteiger partial charge in [0.05, 0.1) is 13.5 Å². The Morgan fingerprint density at radius 2 is 1.65 bits per heavy atom. The molecule has 0 unspecified atom stereocenters. The Labute approximate surface area is 150 Å². The van der Waals surface area contributed by atoms with Crippen LogP contribution < -0.4 is 9.47 Å². The van der Waals surface area contributed by atoms with E-state index in [1.54, 1.807) is 36.4 Å². The molecular weight excluding hydrogens is 335 g/mol. The summed E-state index contributed by atoms with van der Waals surface area (Å²) in [5, 5.41) is 8.98. The molecule has 0 amide bonds. The monoisotopic (exact) mass is 352 g/mol. The first-order valence-electron chi connectivity index (χ1n) is 7.97. The maximum Gasteiger partial charge on any atom is 0.307 e. The van der Waals surface area contributed by atoms with Crippen LogP contribution in [0.4, 0.5) is 4.39 Å². The van der Waals surface area contributed by atoms with E-state index < -0.39 is 5.97 Å². The van der Waals surface area contributed by atoms with E-state index >= 15 is 0 Å². The highest BCUT2D eigenvalue weighted by Gasteiger charge is 2.08. The van der Waals surface area contributed by atoms with Crippen LogP contribution in [0.15, 0.2) is 66.7 Å². The summed E-state index contributed by atoms with van der Waals surface area (Å²) in [6, 6.07) is 18.6. The van der Waals surface area contributed by atoms with Gasteiger partial charge in [-0.1, -0.05) is 24.3 Å². The largest absolute Gasteiger partial charge is 0.497 e. The Morgan fingerprint density at radius 3 is 2.35 bits per heavy atom. The second-order valence-electron chi connectivity index (χ2n) is 5.72. The first kappa shape index (κ1) is 17.5. The van der Waals surface area contributed by atoms with Crippen LogP contribution in [0.3, 0.4) is 0 Å². The van der Waals surface area contributed by atoms with Gasteiger partial charge in [-0.3, -0.25) is 4.79 Å². The summed E-state index contributed by atoms with van der Waals surface area (Å²) < 4.78 is 24.2. The van der Waals surface area contributed by atoms with Gasteiger partial charge in [-0.2, -0.15) is 0 Å². The molecule has 0 spiro atoms. The number of hydrogen-bond donors (Lipinski definition) is 1. The number of methoxy groups -OCH3 is 1. The second kappa shape index (κ2) is 7.70. The normalized spacial score (nSPS) is 10.4. The van der Waals surface area contributed by atoms with Crippen LogP contribution in [-0.2, 0) is 11.2 Å². The van der Waals surface area contributed by atoms with E-state index in [4.69, 9.17) is 14.6 Å². The van der Waals surface area contributed by atoms with Gasteiger partial charge >= 0.3 is 5.97 Å². The summed E-state index contributed by atoms with van der Waals surface area (Å²) in [4.78, 5) is 11.0. The zero-order valence-electron chi connectivity index (χ0n) is 14.1. The molecule has 3 aromatic carbocycles. The molecule has 0 bridgehead atoms. The van der Waals surface area contributed by atoms with Crippen molar-refractivity contribution >= 4 is 5.97 Å². The van der Waals surface area contributed by atoms with Crippen molar-refractivity contribution in [2.24, 2.45) is 0 Å². The molecule has 4 nitrogen and oxygen atoms in total. The molecule has 5 heteroatoms. The van der Waals surface area contributed by atoms with Crippen LogP contribution in [0.5, 0.6) is 17.2 Å². The van der Waals surface area contributed by atoms with Crippen LogP contribution in [0, 0.1) is 5.82 Å². The van der Waals surface area contributed by atoms with Crippen LogP contribution >= 0.6 is 0 Å². The molecule has 0 atom stereocenters. The predicted octanol–water partition coefficient (Wildman–Crippen LogP) is 4.92. The van der Waals surface area contributed by atoms with Crippen LogP contribution in [0.2, 0.25) is 0 Å². The van der Waals surface area contributed by atoms with E-state index in [0.29, 0.717) is 22.8 Å². The minimum Gasteiger partial charge on any atom is -0.497 e. The Hall–Kier alpha value is -3.34. The number of rotatable bonds is 6. The molecule has 0 aliphatic carbocycles. The van der Waals surface area contributed by atoms with Crippen molar-refractivity contribution in [2.75, 3.05) is 7.11 Å². The molecule has 0 aliphatic rings.